The summed E-state index contributed by atoms with van der Waals surface area (Å²) >= 11 is 0. The molecule has 0 spiro atoms. The molecule has 2 N–H and O–H groups in total. The Hall–Kier alpha value is -2.73. The minimum absolute atomic E-state index is 0.305. The lowest BCUT2D eigenvalue weighted by Crippen LogP contribution is -2.38. The molecule has 0 saturated carbocycles. The van der Waals surface area contributed by atoms with Crippen molar-refractivity contribution in [2.75, 3.05) is 27.0 Å². The number of methoxy groups -OCH3 is 1. The van der Waals surface area contributed by atoms with Crippen LogP contribution in [0.25, 0.3) is 0 Å². The van der Waals surface area contributed by atoms with Crippen molar-refractivity contribution in [1.82, 2.24) is 10.6 Å². The number of hydrogen-bond acceptors (Lipinski definition) is 4. The fourth-order valence-corrected chi connectivity index (χ4v) is 2.92. The van der Waals surface area contributed by atoms with Crippen LogP contribution in [0.2, 0.25) is 0 Å². The summed E-state index contributed by atoms with van der Waals surface area (Å²) < 4.78 is 16.0. The van der Waals surface area contributed by atoms with E-state index >= 15 is 0 Å². The molecule has 0 aromatic heterocycles. The van der Waals surface area contributed by atoms with Gasteiger partial charge in [-0.2, -0.15) is 0 Å². The van der Waals surface area contributed by atoms with Crippen molar-refractivity contribution in [1.29, 1.82) is 0 Å². The fraction of sp³-hybridized carbons (Fsp3) is 0.381. The molecule has 0 atom stereocenters. The van der Waals surface area contributed by atoms with Gasteiger partial charge in [-0.15, -0.1) is 0 Å². The van der Waals surface area contributed by atoms with Gasteiger partial charge in [0.2, 0.25) is 6.79 Å². The van der Waals surface area contributed by atoms with Gasteiger partial charge in [-0.25, -0.2) is 4.99 Å². The zero-order chi connectivity index (χ0) is 18.9. The smallest absolute Gasteiger partial charge is 0.231 e. The van der Waals surface area contributed by atoms with Gasteiger partial charge in [-0.3, -0.25) is 0 Å². The number of hydrogen-bond donors (Lipinski definition) is 2. The molecule has 144 valence electrons. The molecule has 6 nitrogen and oxygen atoms in total. The molecule has 0 radical (unpaired) electrons. The van der Waals surface area contributed by atoms with Crippen LogP contribution >= 0.6 is 0 Å². The first-order valence-corrected chi connectivity index (χ1v) is 9.26. The second-order valence-electron chi connectivity index (χ2n) is 6.31. The molecule has 2 aromatic carbocycles. The molecule has 0 bridgehead atoms. The van der Waals surface area contributed by atoms with Crippen molar-refractivity contribution >= 4 is 5.96 Å². The first kappa shape index (κ1) is 19.0. The Bertz CT molecular complexity index is 777. The molecular weight excluding hydrogens is 342 g/mol. The van der Waals surface area contributed by atoms with Crippen LogP contribution in [0.3, 0.4) is 0 Å². The van der Waals surface area contributed by atoms with E-state index in [9.17, 15) is 0 Å². The lowest BCUT2D eigenvalue weighted by atomic mass is 10.1. The predicted molar refractivity (Wildman–Crippen MR) is 106 cm³/mol. The second kappa shape index (κ2) is 9.83. The Labute approximate surface area is 160 Å². The van der Waals surface area contributed by atoms with E-state index in [4.69, 9.17) is 14.2 Å². The van der Waals surface area contributed by atoms with Gasteiger partial charge in [0.15, 0.2) is 17.5 Å². The van der Waals surface area contributed by atoms with Crippen molar-refractivity contribution in [3.63, 3.8) is 0 Å². The largest absolute Gasteiger partial charge is 0.454 e. The predicted octanol–water partition coefficient (Wildman–Crippen LogP) is 2.86. The highest BCUT2D eigenvalue weighted by atomic mass is 16.7. The number of ether oxygens (including phenoxy) is 3. The SMILES string of the molecule is CCNC(=NCc1cccc(COC)c1)NCCc1ccc2c(c1)OCO2. The molecule has 0 fully saturated rings. The van der Waals surface area contributed by atoms with Crippen LogP contribution in [0.4, 0.5) is 0 Å². The molecule has 6 heteroatoms. The summed E-state index contributed by atoms with van der Waals surface area (Å²) in [6, 6.07) is 14.4. The van der Waals surface area contributed by atoms with E-state index in [-0.39, 0.29) is 0 Å². The van der Waals surface area contributed by atoms with Gasteiger partial charge >= 0.3 is 0 Å². The van der Waals surface area contributed by atoms with Gasteiger partial charge in [0.25, 0.3) is 0 Å². The van der Waals surface area contributed by atoms with Gasteiger partial charge in [0.1, 0.15) is 0 Å². The number of guanidine groups is 1. The fourth-order valence-electron chi connectivity index (χ4n) is 2.92. The quantitative estimate of drug-likeness (QED) is 0.553. The van der Waals surface area contributed by atoms with Crippen LogP contribution in [-0.4, -0.2) is 33.0 Å². The Morgan fingerprint density at radius 3 is 2.74 bits per heavy atom. The number of rotatable bonds is 8. The van der Waals surface area contributed by atoms with Gasteiger partial charge in [0, 0.05) is 20.2 Å². The van der Waals surface area contributed by atoms with Gasteiger partial charge in [-0.05, 0) is 42.2 Å². The summed E-state index contributed by atoms with van der Waals surface area (Å²) in [6.45, 7) is 5.21. The number of fused-ring (bicyclic) bond motifs is 1. The van der Waals surface area contributed by atoms with Crippen LogP contribution in [0.5, 0.6) is 11.5 Å². The summed E-state index contributed by atoms with van der Waals surface area (Å²) in [5.74, 6) is 2.46. The summed E-state index contributed by atoms with van der Waals surface area (Å²) in [5.41, 5.74) is 3.53. The lowest BCUT2D eigenvalue weighted by molar-refractivity contribution is 0.174. The Balaban J connectivity index is 1.53. The molecule has 2 aromatic rings. The van der Waals surface area contributed by atoms with Gasteiger partial charge in [-0.1, -0.05) is 30.3 Å². The molecule has 3 rings (SSSR count). The van der Waals surface area contributed by atoms with E-state index in [1.165, 1.54) is 5.56 Å². The van der Waals surface area contributed by atoms with Crippen molar-refractivity contribution in [2.24, 2.45) is 4.99 Å². The van der Waals surface area contributed by atoms with Crippen molar-refractivity contribution in [3.8, 4) is 11.5 Å². The highest BCUT2D eigenvalue weighted by Gasteiger charge is 2.12. The van der Waals surface area contributed by atoms with Crippen LogP contribution in [-0.2, 0) is 24.3 Å². The second-order valence-corrected chi connectivity index (χ2v) is 6.31. The van der Waals surface area contributed by atoms with Crippen LogP contribution < -0.4 is 20.1 Å². The molecule has 27 heavy (non-hydrogen) atoms. The molecule has 1 heterocycles. The van der Waals surface area contributed by atoms with E-state index in [0.29, 0.717) is 19.9 Å². The van der Waals surface area contributed by atoms with Crippen molar-refractivity contribution in [3.05, 3.63) is 59.2 Å². The average Bonchev–Trinajstić information content (AvgIpc) is 3.14. The first-order valence-electron chi connectivity index (χ1n) is 9.26. The Kier molecular flexibility index (Phi) is 6.93. The molecule has 0 unspecified atom stereocenters. The van der Waals surface area contributed by atoms with E-state index < -0.39 is 0 Å². The third kappa shape index (κ3) is 5.62. The average molecular weight is 369 g/mol. The van der Waals surface area contributed by atoms with Crippen molar-refractivity contribution in [2.45, 2.75) is 26.5 Å². The third-order valence-corrected chi connectivity index (χ3v) is 4.21. The Morgan fingerprint density at radius 1 is 1.04 bits per heavy atom. The standard InChI is InChI=1S/C21H27N3O3/c1-3-22-21(24-13-17-5-4-6-18(11-17)14-25-2)23-10-9-16-7-8-19-20(12-16)27-15-26-19/h4-8,11-12H,3,9-10,13-15H2,1-2H3,(H2,22,23,24). The van der Waals surface area contributed by atoms with E-state index in [2.05, 4.69) is 46.8 Å². The molecule has 1 aliphatic heterocycles. The topological polar surface area (TPSA) is 64.1 Å². The van der Waals surface area contributed by atoms with E-state index in [1.807, 2.05) is 18.2 Å². The highest BCUT2D eigenvalue weighted by molar-refractivity contribution is 5.79. The maximum atomic E-state index is 5.43. The lowest BCUT2D eigenvalue weighted by Gasteiger charge is -2.12. The zero-order valence-corrected chi connectivity index (χ0v) is 16.0. The van der Waals surface area contributed by atoms with Crippen LogP contribution in [0.1, 0.15) is 23.6 Å². The van der Waals surface area contributed by atoms with Crippen LogP contribution in [0.15, 0.2) is 47.5 Å². The number of benzene rings is 2. The van der Waals surface area contributed by atoms with Gasteiger partial charge in [0.05, 0.1) is 13.2 Å². The maximum absolute atomic E-state index is 5.43. The number of nitrogens with one attached hydrogen (secondary N) is 2. The summed E-state index contributed by atoms with van der Waals surface area (Å²) in [7, 11) is 1.71. The summed E-state index contributed by atoms with van der Waals surface area (Å²) in [5, 5.41) is 6.68. The van der Waals surface area contributed by atoms with Crippen molar-refractivity contribution < 1.29 is 14.2 Å². The Morgan fingerprint density at radius 2 is 1.89 bits per heavy atom. The summed E-state index contributed by atoms with van der Waals surface area (Å²) in [6.07, 6.45) is 0.879. The molecular formula is C21H27N3O3. The van der Waals surface area contributed by atoms with E-state index in [0.717, 1.165) is 48.1 Å². The molecule has 0 saturated heterocycles. The molecule has 0 amide bonds. The minimum Gasteiger partial charge on any atom is -0.454 e. The third-order valence-electron chi connectivity index (χ3n) is 4.21. The molecule has 0 aliphatic carbocycles. The normalized spacial score (nSPS) is 12.9. The van der Waals surface area contributed by atoms with Crippen LogP contribution in [0, 0.1) is 0 Å². The first-order chi connectivity index (χ1) is 13.3. The number of aliphatic imine (C=N–C) groups is 1. The molecule has 1 aliphatic rings. The van der Waals surface area contributed by atoms with Gasteiger partial charge < -0.3 is 24.8 Å². The van der Waals surface area contributed by atoms with E-state index in [1.54, 1.807) is 7.11 Å². The maximum Gasteiger partial charge on any atom is 0.231 e. The minimum atomic E-state index is 0.305. The highest BCUT2D eigenvalue weighted by Crippen LogP contribution is 2.32. The monoisotopic (exact) mass is 369 g/mol. The number of nitrogens with zero attached hydrogens (tertiary/aromatic N) is 1. The zero-order valence-electron chi connectivity index (χ0n) is 16.0. The summed E-state index contributed by atoms with van der Waals surface area (Å²) in [4.78, 5) is 4.68.